The van der Waals surface area contributed by atoms with E-state index in [1.165, 1.54) is 0 Å². The molecule has 0 radical (unpaired) electrons. The van der Waals surface area contributed by atoms with Gasteiger partial charge in [0.25, 0.3) is 0 Å². The minimum absolute atomic E-state index is 0.197. The summed E-state index contributed by atoms with van der Waals surface area (Å²) in [5.74, 6) is -0.920. The second-order valence-electron chi connectivity index (χ2n) is 4.52. The Labute approximate surface area is 120 Å². The maximum atomic E-state index is 12.8. The quantitative estimate of drug-likeness (QED) is 0.919. The van der Waals surface area contributed by atoms with Crippen molar-refractivity contribution in [2.24, 2.45) is 0 Å². The minimum Gasteiger partial charge on any atom is -0.370 e. The molecule has 2 heterocycles. The molecule has 2 rings (SSSR count). The maximum absolute atomic E-state index is 12.8. The molecule has 0 spiro atoms. The van der Waals surface area contributed by atoms with Crippen LogP contribution in [0.2, 0.25) is 0 Å². The van der Waals surface area contributed by atoms with Crippen molar-refractivity contribution in [2.75, 3.05) is 11.9 Å². The fraction of sp³-hybridized carbons (Fsp3) is 0.357. The summed E-state index contributed by atoms with van der Waals surface area (Å²) < 4.78 is 38.5. The number of hydrogen-bond donors (Lipinski definition) is 1. The average molecular weight is 296 g/mol. The molecule has 0 bridgehead atoms. The number of aromatic nitrogens is 3. The minimum atomic E-state index is -4.56. The average Bonchev–Trinajstić information content (AvgIpc) is 2.45. The number of nitrogens with one attached hydrogen (secondary N) is 1. The number of anilines is 1. The van der Waals surface area contributed by atoms with Crippen LogP contribution in [-0.2, 0) is 12.6 Å². The van der Waals surface area contributed by atoms with Gasteiger partial charge in [0.1, 0.15) is 5.82 Å². The largest absolute Gasteiger partial charge is 0.451 e. The van der Waals surface area contributed by atoms with Gasteiger partial charge in [-0.15, -0.1) is 0 Å². The van der Waals surface area contributed by atoms with Crippen molar-refractivity contribution in [3.8, 4) is 0 Å². The Kier molecular flexibility index (Phi) is 4.72. The Morgan fingerprint density at radius 1 is 1.14 bits per heavy atom. The molecule has 4 nitrogen and oxygen atoms in total. The highest BCUT2D eigenvalue weighted by molar-refractivity contribution is 5.37. The maximum Gasteiger partial charge on any atom is 0.451 e. The van der Waals surface area contributed by atoms with E-state index in [9.17, 15) is 13.2 Å². The first-order chi connectivity index (χ1) is 9.99. The van der Waals surface area contributed by atoms with Crippen LogP contribution in [0.25, 0.3) is 0 Å². The van der Waals surface area contributed by atoms with Crippen molar-refractivity contribution in [3.05, 3.63) is 47.7 Å². The van der Waals surface area contributed by atoms with Crippen LogP contribution in [0, 0.1) is 0 Å². The summed E-state index contributed by atoms with van der Waals surface area (Å²) in [4.78, 5) is 11.0. The van der Waals surface area contributed by atoms with Crippen LogP contribution < -0.4 is 5.32 Å². The third-order valence-corrected chi connectivity index (χ3v) is 2.72. The number of alkyl halides is 3. The Bertz CT molecular complexity index is 585. The highest BCUT2D eigenvalue weighted by Crippen LogP contribution is 2.27. The molecule has 0 saturated carbocycles. The topological polar surface area (TPSA) is 50.7 Å². The number of hydrogen-bond acceptors (Lipinski definition) is 4. The lowest BCUT2D eigenvalue weighted by Crippen LogP contribution is -2.15. The monoisotopic (exact) mass is 296 g/mol. The molecule has 2 aromatic heterocycles. The van der Waals surface area contributed by atoms with E-state index in [-0.39, 0.29) is 5.82 Å². The summed E-state index contributed by atoms with van der Waals surface area (Å²) in [7, 11) is 0. The number of nitrogens with zero attached hydrogens (tertiary/aromatic N) is 3. The third-order valence-electron chi connectivity index (χ3n) is 2.72. The molecule has 21 heavy (non-hydrogen) atoms. The zero-order valence-electron chi connectivity index (χ0n) is 11.5. The molecule has 112 valence electrons. The molecule has 0 aliphatic carbocycles. The van der Waals surface area contributed by atoms with E-state index in [0.717, 1.165) is 12.0 Å². The summed E-state index contributed by atoms with van der Waals surface area (Å²) >= 11 is 0. The molecule has 0 aliphatic rings. The smallest absolute Gasteiger partial charge is 0.370 e. The Morgan fingerprint density at radius 2 is 1.86 bits per heavy atom. The fourth-order valence-electron chi connectivity index (χ4n) is 1.77. The van der Waals surface area contributed by atoms with E-state index in [2.05, 4.69) is 20.3 Å². The summed E-state index contributed by atoms with van der Waals surface area (Å²) in [5.41, 5.74) is 1.17. The molecule has 0 saturated heterocycles. The van der Waals surface area contributed by atoms with Gasteiger partial charge in [0, 0.05) is 31.4 Å². The Hall–Kier alpha value is -2.18. The van der Waals surface area contributed by atoms with Crippen molar-refractivity contribution in [3.63, 3.8) is 0 Å². The van der Waals surface area contributed by atoms with Gasteiger partial charge in [0.2, 0.25) is 5.82 Å². The van der Waals surface area contributed by atoms with Crippen LogP contribution in [0.1, 0.15) is 30.4 Å². The Morgan fingerprint density at radius 3 is 2.48 bits per heavy atom. The van der Waals surface area contributed by atoms with Crippen LogP contribution in [-0.4, -0.2) is 21.5 Å². The van der Waals surface area contributed by atoms with E-state index in [1.807, 2.05) is 6.92 Å². The van der Waals surface area contributed by atoms with Gasteiger partial charge in [-0.05, 0) is 24.1 Å². The molecule has 1 N–H and O–H groups in total. The molecular formula is C14H15F3N4. The summed E-state index contributed by atoms with van der Waals surface area (Å²) in [6.07, 6.45) is -0.272. The van der Waals surface area contributed by atoms with Gasteiger partial charge in [-0.3, -0.25) is 4.98 Å². The van der Waals surface area contributed by atoms with E-state index < -0.39 is 12.0 Å². The van der Waals surface area contributed by atoms with E-state index >= 15 is 0 Å². The van der Waals surface area contributed by atoms with Crippen LogP contribution >= 0.6 is 0 Å². The van der Waals surface area contributed by atoms with Gasteiger partial charge >= 0.3 is 6.18 Å². The number of rotatable bonds is 5. The van der Waals surface area contributed by atoms with E-state index in [1.54, 1.807) is 30.6 Å². The lowest BCUT2D eigenvalue weighted by atomic mass is 10.1. The van der Waals surface area contributed by atoms with Crippen molar-refractivity contribution in [1.29, 1.82) is 0 Å². The fourth-order valence-corrected chi connectivity index (χ4v) is 1.77. The predicted octanol–water partition coefficient (Wildman–Crippen LogP) is 3.30. The lowest BCUT2D eigenvalue weighted by molar-refractivity contribution is -0.145. The molecule has 0 aromatic carbocycles. The second-order valence-corrected chi connectivity index (χ2v) is 4.52. The molecule has 7 heteroatoms. The van der Waals surface area contributed by atoms with Gasteiger partial charge in [-0.1, -0.05) is 6.92 Å². The number of halogens is 3. The first-order valence-electron chi connectivity index (χ1n) is 6.57. The first-order valence-corrected chi connectivity index (χ1v) is 6.57. The molecule has 0 atom stereocenters. The summed E-state index contributed by atoms with van der Waals surface area (Å²) in [6.45, 7) is 2.49. The highest BCUT2D eigenvalue weighted by atomic mass is 19.4. The zero-order chi connectivity index (χ0) is 15.3. The van der Waals surface area contributed by atoms with Gasteiger partial charge in [0.05, 0.1) is 5.69 Å². The van der Waals surface area contributed by atoms with Crippen LogP contribution in [0.15, 0.2) is 30.6 Å². The number of pyridine rings is 1. The van der Waals surface area contributed by atoms with Crippen LogP contribution in [0.3, 0.4) is 0 Å². The zero-order valence-corrected chi connectivity index (χ0v) is 11.5. The Balaban J connectivity index is 2.30. The van der Waals surface area contributed by atoms with Crippen LogP contribution in [0.4, 0.5) is 19.0 Å². The van der Waals surface area contributed by atoms with Crippen molar-refractivity contribution in [1.82, 2.24) is 15.0 Å². The third kappa shape index (κ3) is 4.40. The van der Waals surface area contributed by atoms with Gasteiger partial charge in [-0.2, -0.15) is 13.2 Å². The van der Waals surface area contributed by atoms with Crippen LogP contribution in [0.5, 0.6) is 0 Å². The summed E-state index contributed by atoms with van der Waals surface area (Å²) in [6, 6.07) is 5.04. The van der Waals surface area contributed by atoms with Gasteiger partial charge in [-0.25, -0.2) is 9.97 Å². The van der Waals surface area contributed by atoms with Gasteiger partial charge in [0.15, 0.2) is 0 Å². The van der Waals surface area contributed by atoms with Crippen molar-refractivity contribution < 1.29 is 13.2 Å². The molecule has 2 aromatic rings. The SMILES string of the molecule is CCCNc1cc(Cc2ccncc2)nc(C(F)(F)F)n1. The molecular weight excluding hydrogens is 281 g/mol. The molecule has 0 amide bonds. The standard InChI is InChI=1S/C14H15F3N4/c1-2-5-19-12-9-11(8-10-3-6-18-7-4-10)20-13(21-12)14(15,16)17/h3-4,6-7,9H,2,5,8H2,1H3,(H,19,20,21). The summed E-state index contributed by atoms with van der Waals surface area (Å²) in [5, 5.41) is 2.87. The van der Waals surface area contributed by atoms with E-state index in [0.29, 0.717) is 18.7 Å². The molecule has 0 unspecified atom stereocenters. The first kappa shape index (κ1) is 15.2. The predicted molar refractivity (Wildman–Crippen MR) is 72.9 cm³/mol. The lowest BCUT2D eigenvalue weighted by Gasteiger charge is -2.11. The van der Waals surface area contributed by atoms with Gasteiger partial charge < -0.3 is 5.32 Å². The normalized spacial score (nSPS) is 11.4. The molecule has 0 fully saturated rings. The van der Waals surface area contributed by atoms with Crippen molar-refractivity contribution >= 4 is 5.82 Å². The highest BCUT2D eigenvalue weighted by Gasteiger charge is 2.35. The second kappa shape index (κ2) is 6.51. The van der Waals surface area contributed by atoms with E-state index in [4.69, 9.17) is 0 Å². The van der Waals surface area contributed by atoms with Crippen molar-refractivity contribution in [2.45, 2.75) is 25.9 Å². The molecule has 0 aliphatic heterocycles.